The summed E-state index contributed by atoms with van der Waals surface area (Å²) in [6.45, 7) is 1.08. The molecule has 7 heteroatoms. The van der Waals surface area contributed by atoms with Crippen LogP contribution in [0.2, 0.25) is 0 Å². The van der Waals surface area contributed by atoms with Gasteiger partial charge in [0.1, 0.15) is 0 Å². The number of carboxylic acid groups (broad SMARTS) is 1. The molecular weight excluding hydrogens is 199 g/mol. The van der Waals surface area contributed by atoms with E-state index in [0.29, 0.717) is 0 Å². The van der Waals surface area contributed by atoms with Crippen LogP contribution in [0.5, 0.6) is 0 Å². The van der Waals surface area contributed by atoms with E-state index in [2.05, 4.69) is 0 Å². The van der Waals surface area contributed by atoms with E-state index in [1.807, 2.05) is 0 Å². The molecule has 0 aliphatic rings. The molecule has 0 aromatic heterocycles. The Morgan fingerprint density at radius 2 is 1.44 bits per heavy atom. The average Bonchev–Trinajstić information content (AvgIpc) is 1.25. The third-order valence-electron chi connectivity index (χ3n) is 0. The Labute approximate surface area is 63.8 Å². The number of aliphatic carboxylic acids is 1. The summed E-state index contributed by atoms with van der Waals surface area (Å²) in [5.41, 5.74) is 0. The standard InChI is InChI=1S/C2H4O2.Cu.O3P/c1-2(3)4;;1-4(2)3/h1H3,(H,3,4);;/q;;-3. The Morgan fingerprint density at radius 1 is 1.44 bits per heavy atom. The van der Waals surface area contributed by atoms with E-state index in [1.165, 1.54) is 0 Å². The first-order valence-corrected chi connectivity index (χ1v) is 2.57. The first-order valence-electron chi connectivity index (χ1n) is 1.48. The molecule has 0 unspecified atom stereocenters. The van der Waals surface area contributed by atoms with Crippen molar-refractivity contribution < 1.29 is 41.6 Å². The summed E-state index contributed by atoms with van der Waals surface area (Å²) in [5, 5.41) is 7.42. The monoisotopic (exact) mass is 202 g/mol. The summed E-state index contributed by atoms with van der Waals surface area (Å²) in [5.74, 6) is -0.833. The summed E-state index contributed by atoms with van der Waals surface area (Å²) >= 11 is 0. The van der Waals surface area contributed by atoms with Crippen LogP contribution >= 0.6 is 8.60 Å². The molecule has 0 aromatic carbocycles. The van der Waals surface area contributed by atoms with Crippen molar-refractivity contribution in [2.24, 2.45) is 0 Å². The van der Waals surface area contributed by atoms with Crippen LogP contribution in [0.25, 0.3) is 0 Å². The topological polar surface area (TPSA) is 106 Å². The first-order chi connectivity index (χ1) is 3.46. The Balaban J connectivity index is -0.0000000720. The molecule has 0 saturated carbocycles. The van der Waals surface area contributed by atoms with Gasteiger partial charge in [-0.15, -0.1) is 0 Å². The molecule has 0 aliphatic carbocycles. The smallest absolute Gasteiger partial charge is 0.300 e. The Bertz CT molecular complexity index is 59.2. The molecule has 61 valence electrons. The van der Waals surface area contributed by atoms with Crippen LogP contribution in [0.4, 0.5) is 0 Å². The number of carboxylic acids is 1. The van der Waals surface area contributed by atoms with Crippen LogP contribution in [0, 0.1) is 0 Å². The summed E-state index contributed by atoms with van der Waals surface area (Å²) in [6, 6.07) is 0. The molecule has 9 heavy (non-hydrogen) atoms. The van der Waals surface area contributed by atoms with E-state index < -0.39 is 14.6 Å². The predicted octanol–water partition coefficient (Wildman–Crippen LogP) is -2.62. The van der Waals surface area contributed by atoms with E-state index in [0.717, 1.165) is 6.92 Å². The van der Waals surface area contributed by atoms with Gasteiger partial charge in [0.2, 0.25) is 0 Å². The fraction of sp³-hybridized carbons (Fsp3) is 0.500. The van der Waals surface area contributed by atoms with E-state index in [4.69, 9.17) is 24.6 Å². The molecule has 0 saturated heterocycles. The SMILES string of the molecule is CC(=O)O.[Cu].[O-]P([O-])[O-]. The summed E-state index contributed by atoms with van der Waals surface area (Å²) < 4.78 is 0. The minimum absolute atomic E-state index is 0. The van der Waals surface area contributed by atoms with Gasteiger partial charge in [0.15, 0.2) is 0 Å². The molecule has 0 aromatic rings. The zero-order valence-corrected chi connectivity index (χ0v) is 6.17. The molecule has 1 N–H and O–H groups in total. The second-order valence-corrected chi connectivity index (χ2v) is 1.19. The van der Waals surface area contributed by atoms with Gasteiger partial charge in [0.05, 0.1) is 0 Å². The van der Waals surface area contributed by atoms with Crippen molar-refractivity contribution in [3.05, 3.63) is 0 Å². The number of hydrogen-bond donors (Lipinski definition) is 1. The Hall–Kier alpha value is 0.299. The van der Waals surface area contributed by atoms with Gasteiger partial charge in [-0.1, -0.05) is 0 Å². The fourth-order valence-electron chi connectivity index (χ4n) is 0. The molecule has 0 bridgehead atoms. The normalized spacial score (nSPS) is 6.78. The van der Waals surface area contributed by atoms with Gasteiger partial charge in [0, 0.05) is 24.0 Å². The van der Waals surface area contributed by atoms with Crippen molar-refractivity contribution in [1.82, 2.24) is 0 Å². The van der Waals surface area contributed by atoms with Crippen LogP contribution in [-0.2, 0) is 21.9 Å². The van der Waals surface area contributed by atoms with E-state index >= 15 is 0 Å². The molecular formula is C2H4CuO5P-3. The van der Waals surface area contributed by atoms with Crippen molar-refractivity contribution in [2.45, 2.75) is 6.92 Å². The molecule has 0 heterocycles. The van der Waals surface area contributed by atoms with Crippen molar-refractivity contribution in [1.29, 1.82) is 0 Å². The number of carbonyl (C=O) groups is 1. The second kappa shape index (κ2) is 11.1. The second-order valence-electron chi connectivity index (χ2n) is 0.743. The minimum atomic E-state index is -3.37. The summed E-state index contributed by atoms with van der Waals surface area (Å²) in [7, 11) is -3.37. The van der Waals surface area contributed by atoms with E-state index in [9.17, 15) is 0 Å². The van der Waals surface area contributed by atoms with Crippen molar-refractivity contribution in [2.75, 3.05) is 0 Å². The van der Waals surface area contributed by atoms with Gasteiger partial charge in [0.25, 0.3) is 5.97 Å². The van der Waals surface area contributed by atoms with Gasteiger partial charge in [-0.25, -0.2) is 0 Å². The fourth-order valence-corrected chi connectivity index (χ4v) is 0. The number of rotatable bonds is 0. The summed E-state index contributed by atoms with van der Waals surface area (Å²) in [6.07, 6.45) is 0. The predicted molar refractivity (Wildman–Crippen MR) is 20.2 cm³/mol. The minimum Gasteiger partial charge on any atom is -0.854 e. The van der Waals surface area contributed by atoms with Crippen LogP contribution in [-0.4, -0.2) is 11.1 Å². The molecule has 1 radical (unpaired) electrons. The van der Waals surface area contributed by atoms with Crippen molar-refractivity contribution in [3.8, 4) is 0 Å². The Kier molecular flexibility index (Phi) is 20.0. The largest absolute Gasteiger partial charge is 0.854 e. The third-order valence-corrected chi connectivity index (χ3v) is 0. The maximum atomic E-state index is 9.00. The average molecular weight is 203 g/mol. The molecule has 0 spiro atoms. The van der Waals surface area contributed by atoms with Crippen LogP contribution in [0.15, 0.2) is 0 Å². The molecule has 0 aliphatic heterocycles. The van der Waals surface area contributed by atoms with Gasteiger partial charge in [-0.05, 0) is 0 Å². The summed E-state index contributed by atoms with van der Waals surface area (Å²) in [4.78, 5) is 34.4. The zero-order chi connectivity index (χ0) is 7.15. The van der Waals surface area contributed by atoms with Gasteiger partial charge < -0.3 is 28.4 Å². The molecule has 5 nitrogen and oxygen atoms in total. The van der Waals surface area contributed by atoms with Crippen LogP contribution in [0.3, 0.4) is 0 Å². The number of hydrogen-bond acceptors (Lipinski definition) is 4. The van der Waals surface area contributed by atoms with Gasteiger partial charge >= 0.3 is 0 Å². The molecule has 0 atom stereocenters. The Morgan fingerprint density at radius 3 is 1.44 bits per heavy atom. The van der Waals surface area contributed by atoms with Crippen LogP contribution < -0.4 is 14.7 Å². The molecule has 0 rings (SSSR count). The maximum absolute atomic E-state index is 9.00. The van der Waals surface area contributed by atoms with E-state index in [1.54, 1.807) is 0 Å². The van der Waals surface area contributed by atoms with Crippen molar-refractivity contribution >= 4 is 14.6 Å². The van der Waals surface area contributed by atoms with Gasteiger partial charge in [-0.2, -0.15) is 0 Å². The van der Waals surface area contributed by atoms with Crippen molar-refractivity contribution in [3.63, 3.8) is 0 Å². The molecule has 0 amide bonds. The first kappa shape index (κ1) is 16.1. The van der Waals surface area contributed by atoms with Crippen LogP contribution in [0.1, 0.15) is 6.92 Å². The maximum Gasteiger partial charge on any atom is 0.300 e. The zero-order valence-electron chi connectivity index (χ0n) is 4.33. The van der Waals surface area contributed by atoms with E-state index in [-0.39, 0.29) is 17.1 Å². The quantitative estimate of drug-likeness (QED) is 0.342. The third kappa shape index (κ3) is 3670. The van der Waals surface area contributed by atoms with Gasteiger partial charge in [-0.3, -0.25) is 4.79 Å². The molecule has 0 fully saturated rings.